The van der Waals surface area contributed by atoms with Crippen molar-refractivity contribution in [3.63, 3.8) is 0 Å². The lowest BCUT2D eigenvalue weighted by atomic mass is 10.3. The van der Waals surface area contributed by atoms with E-state index in [0.717, 1.165) is 6.29 Å². The highest BCUT2D eigenvalue weighted by Gasteiger charge is 2.49. The fourth-order valence-electron chi connectivity index (χ4n) is 3.66. The summed E-state index contributed by atoms with van der Waals surface area (Å²) in [4.78, 5) is 0. The van der Waals surface area contributed by atoms with Crippen molar-refractivity contribution < 1.29 is 4.57 Å². The minimum Gasteiger partial charge on any atom is -0.192 e. The first-order valence-electron chi connectivity index (χ1n) is 9.27. The van der Waals surface area contributed by atoms with Crippen molar-refractivity contribution in [1.82, 2.24) is 0 Å². The Hall–Kier alpha value is -3.27. The van der Waals surface area contributed by atoms with Crippen LogP contribution < -0.4 is 20.5 Å². The molecule has 3 heteroatoms. The van der Waals surface area contributed by atoms with Crippen LogP contribution in [0.4, 0.5) is 0 Å². The fraction of sp³-hybridized carbons (Fsp3) is 0.0400. The molecule has 3 aromatic carbocycles. The molecule has 0 unspecified atom stereocenters. The van der Waals surface area contributed by atoms with Gasteiger partial charge in [-0.15, -0.1) is 0 Å². The summed E-state index contributed by atoms with van der Waals surface area (Å²) in [5.41, 5.74) is 0.676. The molecule has 1 aromatic heterocycles. The molecule has 0 aliphatic rings. The smallest absolute Gasteiger partial charge is 0.192 e. The largest absolute Gasteiger partial charge is 0.262 e. The summed E-state index contributed by atoms with van der Waals surface area (Å²) >= 11 is 0. The molecule has 4 rings (SSSR count). The summed E-state index contributed by atoms with van der Waals surface area (Å²) in [5.74, 6) is 0. The van der Waals surface area contributed by atoms with Crippen LogP contribution in [0.5, 0.6) is 0 Å². The number of aromatic nitrogens is 1. The number of nitrogens with zero attached hydrogens (tertiary/aromatic N) is 2. The van der Waals surface area contributed by atoms with Crippen molar-refractivity contribution in [3.05, 3.63) is 121 Å². The van der Waals surface area contributed by atoms with Gasteiger partial charge in [0.1, 0.15) is 27.5 Å². The van der Waals surface area contributed by atoms with E-state index >= 15 is 0 Å². The number of hydrogen-bond acceptors (Lipinski definition) is 1. The maximum atomic E-state index is 9.36. The van der Waals surface area contributed by atoms with Gasteiger partial charge in [-0.1, -0.05) is 54.6 Å². The molecule has 0 saturated heterocycles. The molecule has 1 heterocycles. The zero-order valence-corrected chi connectivity index (χ0v) is 16.4. The summed E-state index contributed by atoms with van der Waals surface area (Å²) in [6.07, 6.45) is 4.81. The van der Waals surface area contributed by atoms with Gasteiger partial charge >= 0.3 is 0 Å². The molecule has 134 valence electrons. The maximum Gasteiger partial charge on any atom is 0.262 e. The Labute approximate surface area is 166 Å². The van der Waals surface area contributed by atoms with Gasteiger partial charge in [0.15, 0.2) is 19.7 Å². The second-order valence-corrected chi connectivity index (χ2v) is 10.1. The molecule has 0 amide bonds. The van der Waals surface area contributed by atoms with Crippen molar-refractivity contribution >= 4 is 23.2 Å². The molecule has 0 aliphatic carbocycles. The predicted octanol–water partition coefficient (Wildman–Crippen LogP) is 3.80. The molecule has 0 bridgehead atoms. The lowest BCUT2D eigenvalue weighted by Gasteiger charge is -2.24. The molecule has 2 nitrogen and oxygen atoms in total. The summed E-state index contributed by atoms with van der Waals surface area (Å²) in [6, 6.07) is 38.4. The average Bonchev–Trinajstić information content (AvgIpc) is 2.79. The Balaban J connectivity index is 1.99. The number of rotatable bonds is 5. The van der Waals surface area contributed by atoms with Gasteiger partial charge in [-0.05, 0) is 42.5 Å². The second-order valence-electron chi connectivity index (χ2n) is 6.68. The number of benzene rings is 3. The molecular weight excluding hydrogens is 359 g/mol. The Morgan fingerprint density at radius 3 is 1.54 bits per heavy atom. The topological polar surface area (TPSA) is 27.7 Å². The van der Waals surface area contributed by atoms with Gasteiger partial charge in [0.25, 0.3) is 6.29 Å². The van der Waals surface area contributed by atoms with Gasteiger partial charge in [0.2, 0.25) is 0 Å². The zero-order chi connectivity index (χ0) is 19.2. The third-order valence-corrected chi connectivity index (χ3v) is 9.24. The lowest BCUT2D eigenvalue weighted by molar-refractivity contribution is -0.677. The van der Waals surface area contributed by atoms with Crippen LogP contribution in [0.15, 0.2) is 116 Å². The van der Waals surface area contributed by atoms with Gasteiger partial charge in [-0.2, -0.15) is 9.83 Å². The van der Waals surface area contributed by atoms with E-state index in [4.69, 9.17) is 0 Å². The quantitative estimate of drug-likeness (QED) is 0.382. The van der Waals surface area contributed by atoms with E-state index in [1.165, 1.54) is 15.9 Å². The standard InChI is InChI=1S/C25H21N2P/c26-19-22-11-10-18-27(20-22)21-28(23-12-4-1-5-13-23,24-14-6-2-7-15-24)25-16-8-3-9-17-25/h1-18,20H,21H2/q+2. The van der Waals surface area contributed by atoms with E-state index in [0.29, 0.717) is 5.56 Å². The summed E-state index contributed by atoms with van der Waals surface area (Å²) in [7, 11) is -1.95. The Morgan fingerprint density at radius 2 is 1.11 bits per heavy atom. The van der Waals surface area contributed by atoms with Gasteiger partial charge in [-0.3, -0.25) is 0 Å². The molecule has 0 N–H and O–H groups in total. The van der Waals surface area contributed by atoms with Crippen molar-refractivity contribution in [1.29, 1.82) is 5.26 Å². The molecule has 0 fully saturated rings. The molecular formula is C25H21N2P+2. The van der Waals surface area contributed by atoms with Crippen molar-refractivity contribution in [2.45, 2.75) is 6.29 Å². The summed E-state index contributed by atoms with van der Waals surface area (Å²) < 4.78 is 2.17. The van der Waals surface area contributed by atoms with Crippen LogP contribution in [0.25, 0.3) is 0 Å². The van der Waals surface area contributed by atoms with E-state index in [1.54, 1.807) is 0 Å². The van der Waals surface area contributed by atoms with Gasteiger partial charge in [0.05, 0.1) is 0 Å². The number of nitriles is 1. The summed E-state index contributed by atoms with van der Waals surface area (Å²) in [6.45, 7) is 0. The van der Waals surface area contributed by atoms with Crippen LogP contribution >= 0.6 is 7.26 Å². The van der Waals surface area contributed by atoms with Crippen LogP contribution in [0, 0.1) is 11.3 Å². The van der Waals surface area contributed by atoms with E-state index < -0.39 is 7.26 Å². The highest BCUT2D eigenvalue weighted by atomic mass is 31.2. The first kappa shape index (κ1) is 18.1. The molecule has 28 heavy (non-hydrogen) atoms. The third-order valence-electron chi connectivity index (χ3n) is 4.95. The number of hydrogen-bond donors (Lipinski definition) is 0. The Bertz CT molecular complexity index is 991. The molecule has 0 aliphatic heterocycles. The first-order valence-corrected chi connectivity index (χ1v) is 11.2. The fourth-order valence-corrected chi connectivity index (χ4v) is 7.75. The predicted molar refractivity (Wildman–Crippen MR) is 117 cm³/mol. The lowest BCUT2D eigenvalue weighted by Crippen LogP contribution is -2.44. The Kier molecular flexibility index (Phi) is 5.29. The Morgan fingerprint density at radius 1 is 0.643 bits per heavy atom. The number of pyridine rings is 1. The molecule has 0 atom stereocenters. The highest BCUT2D eigenvalue weighted by Crippen LogP contribution is 2.55. The van der Waals surface area contributed by atoms with Crippen LogP contribution in [0.3, 0.4) is 0 Å². The molecule has 0 spiro atoms. The van der Waals surface area contributed by atoms with E-state index in [2.05, 4.69) is 108 Å². The van der Waals surface area contributed by atoms with Crippen molar-refractivity contribution in [2.24, 2.45) is 0 Å². The van der Waals surface area contributed by atoms with Crippen molar-refractivity contribution in [3.8, 4) is 6.07 Å². The minimum atomic E-state index is -1.95. The molecule has 0 saturated carbocycles. The second kappa shape index (κ2) is 8.17. The first-order chi connectivity index (χ1) is 13.8. The minimum absolute atomic E-state index is 0.676. The van der Waals surface area contributed by atoms with Crippen molar-refractivity contribution in [2.75, 3.05) is 0 Å². The van der Waals surface area contributed by atoms with Gasteiger partial charge in [-0.25, -0.2) is 0 Å². The van der Waals surface area contributed by atoms with E-state index in [9.17, 15) is 5.26 Å². The van der Waals surface area contributed by atoms with Crippen LogP contribution in [0.1, 0.15) is 5.56 Å². The van der Waals surface area contributed by atoms with E-state index in [-0.39, 0.29) is 0 Å². The normalized spacial score (nSPS) is 11.0. The maximum absolute atomic E-state index is 9.36. The average molecular weight is 380 g/mol. The molecule has 0 radical (unpaired) electrons. The summed E-state index contributed by atoms with van der Waals surface area (Å²) in [5, 5.41) is 13.4. The van der Waals surface area contributed by atoms with E-state index in [1.807, 2.05) is 18.3 Å². The van der Waals surface area contributed by atoms with Crippen LogP contribution in [-0.4, -0.2) is 0 Å². The highest BCUT2D eigenvalue weighted by molar-refractivity contribution is 7.94. The molecule has 4 aromatic rings. The van der Waals surface area contributed by atoms with Crippen LogP contribution in [-0.2, 0) is 6.29 Å². The van der Waals surface area contributed by atoms with Crippen LogP contribution in [0.2, 0.25) is 0 Å². The zero-order valence-electron chi connectivity index (χ0n) is 15.5. The van der Waals surface area contributed by atoms with Gasteiger partial charge < -0.3 is 0 Å². The third kappa shape index (κ3) is 3.46. The van der Waals surface area contributed by atoms with Gasteiger partial charge in [0, 0.05) is 6.07 Å². The monoisotopic (exact) mass is 380 g/mol. The SMILES string of the molecule is N#Cc1ccc[n+](C[P+](c2ccccc2)(c2ccccc2)c2ccccc2)c1.